The molecule has 0 aromatic heterocycles. The van der Waals surface area contributed by atoms with Gasteiger partial charge >= 0.3 is 0 Å². The summed E-state index contributed by atoms with van der Waals surface area (Å²) >= 11 is 0. The predicted octanol–water partition coefficient (Wildman–Crippen LogP) is 1.62. The normalized spacial score (nSPS) is 16.0. The molecule has 0 spiro atoms. The Morgan fingerprint density at radius 3 is 2.57 bits per heavy atom. The minimum Gasteiger partial charge on any atom is -0.399 e. The lowest BCUT2D eigenvalue weighted by atomic mass is 10.0. The highest BCUT2D eigenvalue weighted by Crippen LogP contribution is 2.16. The molecule has 3 N–H and O–H groups in total. The number of hydrogen-bond donors (Lipinski definition) is 2. The number of halogens is 1. The summed E-state index contributed by atoms with van der Waals surface area (Å²) in [5, 5.41) is 0. The maximum Gasteiger partial charge on any atom is 0.253 e. The van der Waals surface area contributed by atoms with E-state index in [-0.39, 0.29) is 30.1 Å². The van der Waals surface area contributed by atoms with Crippen LogP contribution < -0.4 is 10.5 Å². The maximum absolute atomic E-state index is 12.4. The van der Waals surface area contributed by atoms with Gasteiger partial charge in [0.1, 0.15) is 0 Å². The van der Waals surface area contributed by atoms with Gasteiger partial charge in [0.15, 0.2) is 0 Å². The van der Waals surface area contributed by atoms with Crippen LogP contribution >= 0.6 is 12.4 Å². The van der Waals surface area contributed by atoms with E-state index in [1.807, 2.05) is 6.92 Å². The number of carbonyl (C=O) groups excluding carboxylic acids is 1. The molecule has 0 aliphatic carbocycles. The van der Waals surface area contributed by atoms with Crippen molar-refractivity contribution in [2.24, 2.45) is 0 Å². The molecule has 1 aliphatic rings. The zero-order chi connectivity index (χ0) is 16.2. The van der Waals surface area contributed by atoms with Crippen molar-refractivity contribution in [2.75, 3.05) is 24.6 Å². The van der Waals surface area contributed by atoms with Crippen molar-refractivity contribution in [1.82, 2.24) is 9.62 Å². The number of nitrogens with zero attached hydrogens (tertiary/aromatic N) is 1. The fourth-order valence-electron chi connectivity index (χ4n) is 2.64. The Kier molecular flexibility index (Phi) is 7.31. The van der Waals surface area contributed by atoms with Crippen LogP contribution in [0.3, 0.4) is 0 Å². The number of carbonyl (C=O) groups is 1. The highest BCUT2D eigenvalue weighted by atomic mass is 35.5. The number of piperidine rings is 1. The van der Waals surface area contributed by atoms with Gasteiger partial charge in [0, 0.05) is 30.4 Å². The molecule has 1 amide bonds. The first-order valence-corrected chi connectivity index (χ1v) is 9.21. The monoisotopic (exact) mass is 361 g/mol. The SMILES string of the molecule is CCCS(=O)(=O)NC1CCN(C(=O)c2cccc(N)c2)CC1.Cl. The molecule has 23 heavy (non-hydrogen) atoms. The molecule has 0 atom stereocenters. The molecule has 1 heterocycles. The van der Waals surface area contributed by atoms with Gasteiger partial charge < -0.3 is 10.6 Å². The van der Waals surface area contributed by atoms with E-state index in [4.69, 9.17) is 5.73 Å². The first-order chi connectivity index (χ1) is 10.4. The molecule has 1 aromatic carbocycles. The van der Waals surface area contributed by atoms with Crippen molar-refractivity contribution in [2.45, 2.75) is 32.2 Å². The first kappa shape index (κ1) is 19.7. The van der Waals surface area contributed by atoms with E-state index in [2.05, 4.69) is 4.72 Å². The van der Waals surface area contributed by atoms with E-state index >= 15 is 0 Å². The lowest BCUT2D eigenvalue weighted by Crippen LogP contribution is -2.47. The van der Waals surface area contributed by atoms with Gasteiger partial charge in [0.2, 0.25) is 10.0 Å². The van der Waals surface area contributed by atoms with Gasteiger partial charge in [-0.3, -0.25) is 4.79 Å². The number of hydrogen-bond acceptors (Lipinski definition) is 4. The number of rotatable bonds is 5. The number of nitrogens with two attached hydrogens (primary N) is 1. The highest BCUT2D eigenvalue weighted by Gasteiger charge is 2.26. The molecule has 0 saturated carbocycles. The summed E-state index contributed by atoms with van der Waals surface area (Å²) in [6, 6.07) is 6.83. The Labute approximate surface area is 143 Å². The van der Waals surface area contributed by atoms with E-state index in [0.717, 1.165) is 0 Å². The predicted molar refractivity (Wildman–Crippen MR) is 94.2 cm³/mol. The van der Waals surface area contributed by atoms with Gasteiger partial charge in [-0.05, 0) is 37.5 Å². The second-order valence-electron chi connectivity index (χ2n) is 5.63. The Hall–Kier alpha value is -1.31. The van der Waals surface area contributed by atoms with E-state index in [1.165, 1.54) is 0 Å². The van der Waals surface area contributed by atoms with Crippen LogP contribution in [-0.2, 0) is 10.0 Å². The van der Waals surface area contributed by atoms with Crippen molar-refractivity contribution >= 4 is 34.0 Å². The largest absolute Gasteiger partial charge is 0.399 e. The summed E-state index contributed by atoms with van der Waals surface area (Å²) in [4.78, 5) is 14.1. The molecule has 0 unspecified atom stereocenters. The van der Waals surface area contributed by atoms with Crippen LogP contribution in [0.2, 0.25) is 0 Å². The molecule has 6 nitrogen and oxygen atoms in total. The summed E-state index contributed by atoms with van der Waals surface area (Å²) in [7, 11) is -3.20. The standard InChI is InChI=1S/C15H23N3O3S.ClH/c1-2-10-22(20,21)17-14-6-8-18(9-7-14)15(19)12-4-3-5-13(16)11-12;/h3-5,11,14,17H,2,6-10,16H2,1H3;1H. The van der Waals surface area contributed by atoms with Gasteiger partial charge in [-0.25, -0.2) is 13.1 Å². The minimum atomic E-state index is -3.20. The molecule has 0 radical (unpaired) electrons. The number of nitrogens with one attached hydrogen (secondary N) is 1. The second-order valence-corrected chi connectivity index (χ2v) is 7.50. The number of likely N-dealkylation sites (tertiary alicyclic amines) is 1. The van der Waals surface area contributed by atoms with Crippen molar-refractivity contribution < 1.29 is 13.2 Å². The van der Waals surface area contributed by atoms with E-state index in [1.54, 1.807) is 29.2 Å². The van der Waals surface area contributed by atoms with Gasteiger partial charge in [0.25, 0.3) is 5.91 Å². The third kappa shape index (κ3) is 5.67. The van der Waals surface area contributed by atoms with Gasteiger partial charge in [-0.15, -0.1) is 12.4 Å². The van der Waals surface area contributed by atoms with E-state index < -0.39 is 10.0 Å². The number of amides is 1. The third-order valence-electron chi connectivity index (χ3n) is 3.73. The smallest absolute Gasteiger partial charge is 0.253 e. The van der Waals surface area contributed by atoms with Crippen LogP contribution in [0, 0.1) is 0 Å². The second kappa shape index (κ2) is 8.52. The van der Waals surface area contributed by atoms with Gasteiger partial charge in [-0.1, -0.05) is 13.0 Å². The fraction of sp³-hybridized carbons (Fsp3) is 0.533. The minimum absolute atomic E-state index is 0. The van der Waals surface area contributed by atoms with E-state index in [9.17, 15) is 13.2 Å². The van der Waals surface area contributed by atoms with Crippen molar-refractivity contribution in [1.29, 1.82) is 0 Å². The highest BCUT2D eigenvalue weighted by molar-refractivity contribution is 7.89. The zero-order valence-electron chi connectivity index (χ0n) is 13.2. The lowest BCUT2D eigenvalue weighted by molar-refractivity contribution is 0.0711. The molecule has 1 aromatic rings. The molecule has 8 heteroatoms. The number of sulfonamides is 1. The average Bonchev–Trinajstić information content (AvgIpc) is 2.47. The average molecular weight is 362 g/mol. The summed E-state index contributed by atoms with van der Waals surface area (Å²) in [5.41, 5.74) is 6.84. The first-order valence-electron chi connectivity index (χ1n) is 7.56. The van der Waals surface area contributed by atoms with Crippen LogP contribution in [0.4, 0.5) is 5.69 Å². The van der Waals surface area contributed by atoms with E-state index in [0.29, 0.717) is 43.6 Å². The quantitative estimate of drug-likeness (QED) is 0.779. The molecule has 1 saturated heterocycles. The summed E-state index contributed by atoms with van der Waals surface area (Å²) < 4.78 is 26.3. The zero-order valence-corrected chi connectivity index (χ0v) is 14.8. The van der Waals surface area contributed by atoms with Gasteiger partial charge in [-0.2, -0.15) is 0 Å². The Balaban J connectivity index is 0.00000264. The Bertz CT molecular complexity index is 629. The lowest BCUT2D eigenvalue weighted by Gasteiger charge is -2.32. The molecule has 1 fully saturated rings. The van der Waals surface area contributed by atoms with Crippen LogP contribution in [0.5, 0.6) is 0 Å². The molecule has 0 bridgehead atoms. The fourth-order valence-corrected chi connectivity index (χ4v) is 4.04. The van der Waals surface area contributed by atoms with Crippen LogP contribution in [0.1, 0.15) is 36.5 Å². The molecule has 2 rings (SSSR count). The Morgan fingerprint density at radius 2 is 2.00 bits per heavy atom. The molecule has 1 aliphatic heterocycles. The number of anilines is 1. The van der Waals surface area contributed by atoms with Crippen LogP contribution in [0.25, 0.3) is 0 Å². The topological polar surface area (TPSA) is 92.5 Å². The maximum atomic E-state index is 12.4. The number of benzene rings is 1. The molecular formula is C15H24ClN3O3S. The Morgan fingerprint density at radius 1 is 1.35 bits per heavy atom. The van der Waals surface area contributed by atoms with Gasteiger partial charge in [0.05, 0.1) is 5.75 Å². The van der Waals surface area contributed by atoms with Crippen LogP contribution in [-0.4, -0.2) is 44.1 Å². The van der Waals surface area contributed by atoms with Crippen LogP contribution in [0.15, 0.2) is 24.3 Å². The third-order valence-corrected chi connectivity index (χ3v) is 5.37. The summed E-state index contributed by atoms with van der Waals surface area (Å²) in [5.74, 6) is 0.0947. The van der Waals surface area contributed by atoms with Crippen molar-refractivity contribution in [3.8, 4) is 0 Å². The summed E-state index contributed by atoms with van der Waals surface area (Å²) in [6.07, 6.45) is 1.87. The molecular weight excluding hydrogens is 338 g/mol. The number of nitrogen functional groups attached to an aromatic ring is 1. The summed E-state index contributed by atoms with van der Waals surface area (Å²) in [6.45, 7) is 2.94. The van der Waals surface area contributed by atoms with Crippen molar-refractivity contribution in [3.63, 3.8) is 0 Å². The molecule has 130 valence electrons. The van der Waals surface area contributed by atoms with Crippen molar-refractivity contribution in [3.05, 3.63) is 29.8 Å².